The van der Waals surface area contributed by atoms with Gasteiger partial charge < -0.3 is 5.11 Å². The van der Waals surface area contributed by atoms with Crippen molar-refractivity contribution in [1.29, 1.82) is 0 Å². The fraction of sp³-hybridized carbons (Fsp3) is 0.250. The molecule has 2 aromatic heterocycles. The van der Waals surface area contributed by atoms with E-state index < -0.39 is 6.10 Å². The minimum Gasteiger partial charge on any atom is -0.383 e. The van der Waals surface area contributed by atoms with E-state index in [-0.39, 0.29) is 0 Å². The summed E-state index contributed by atoms with van der Waals surface area (Å²) < 4.78 is 0. The molecule has 1 N–H and O–H groups in total. The lowest BCUT2D eigenvalue weighted by Gasteiger charge is -2.12. The molecule has 78 valence electrons. The van der Waals surface area contributed by atoms with Crippen LogP contribution >= 0.6 is 11.3 Å². The first-order chi connectivity index (χ1) is 7.20. The molecule has 0 radical (unpaired) electrons. The zero-order valence-electron chi connectivity index (χ0n) is 8.77. The van der Waals surface area contributed by atoms with E-state index in [1.54, 1.807) is 17.5 Å². The fourth-order valence-corrected chi connectivity index (χ4v) is 2.52. The maximum atomic E-state index is 10.2. The second-order valence-electron chi connectivity index (χ2n) is 3.55. The summed E-state index contributed by atoms with van der Waals surface area (Å²) in [6.45, 7) is 3.93. The molecule has 2 heterocycles. The molecular weight excluding hydrogens is 206 g/mol. The van der Waals surface area contributed by atoms with Gasteiger partial charge in [0.25, 0.3) is 0 Å². The topological polar surface area (TPSA) is 33.1 Å². The molecule has 0 amide bonds. The van der Waals surface area contributed by atoms with Crippen LogP contribution in [0.25, 0.3) is 0 Å². The zero-order chi connectivity index (χ0) is 10.8. The van der Waals surface area contributed by atoms with E-state index in [9.17, 15) is 5.11 Å². The van der Waals surface area contributed by atoms with Gasteiger partial charge in [-0.25, -0.2) is 0 Å². The van der Waals surface area contributed by atoms with E-state index in [0.717, 1.165) is 21.7 Å². The predicted octanol–water partition coefficient (Wildman–Crippen LogP) is 2.84. The van der Waals surface area contributed by atoms with Gasteiger partial charge in [0.05, 0.1) is 0 Å². The Bertz CT molecular complexity index is 464. The highest BCUT2D eigenvalue weighted by Gasteiger charge is 2.16. The second-order valence-corrected chi connectivity index (χ2v) is 4.50. The average molecular weight is 219 g/mol. The third-order valence-electron chi connectivity index (χ3n) is 2.49. The lowest BCUT2D eigenvalue weighted by Crippen LogP contribution is -2.02. The Balaban J connectivity index is 2.41. The largest absolute Gasteiger partial charge is 0.383 e. The zero-order valence-corrected chi connectivity index (χ0v) is 9.58. The van der Waals surface area contributed by atoms with Crippen LogP contribution in [0, 0.1) is 13.8 Å². The van der Waals surface area contributed by atoms with Gasteiger partial charge in [0.15, 0.2) is 0 Å². The molecule has 0 aliphatic carbocycles. The Morgan fingerprint density at radius 3 is 2.73 bits per heavy atom. The van der Waals surface area contributed by atoms with Gasteiger partial charge in [-0.05, 0) is 36.9 Å². The van der Waals surface area contributed by atoms with Crippen molar-refractivity contribution in [2.45, 2.75) is 20.0 Å². The quantitative estimate of drug-likeness (QED) is 0.842. The number of pyridine rings is 1. The molecular formula is C12H13NOS. The fourth-order valence-electron chi connectivity index (χ4n) is 1.59. The normalized spacial score (nSPS) is 12.7. The Kier molecular flexibility index (Phi) is 2.84. The van der Waals surface area contributed by atoms with Gasteiger partial charge in [-0.3, -0.25) is 4.98 Å². The van der Waals surface area contributed by atoms with Crippen LogP contribution in [0.2, 0.25) is 0 Å². The Morgan fingerprint density at radius 1 is 1.33 bits per heavy atom. The van der Waals surface area contributed by atoms with E-state index in [1.165, 1.54) is 0 Å². The van der Waals surface area contributed by atoms with E-state index in [1.807, 2.05) is 37.4 Å². The standard InChI is InChI=1S/C12H13NOS/c1-8-5-7-15-12(8)11(14)10-4-3-6-13-9(10)2/h3-7,11,14H,1-2H3. The monoisotopic (exact) mass is 219 g/mol. The van der Waals surface area contributed by atoms with E-state index in [0.29, 0.717) is 0 Å². The Morgan fingerprint density at radius 2 is 2.13 bits per heavy atom. The molecule has 1 atom stereocenters. The SMILES string of the molecule is Cc1ccsc1C(O)c1cccnc1C. The maximum absolute atomic E-state index is 10.2. The third-order valence-corrected chi connectivity index (χ3v) is 3.56. The van der Waals surface area contributed by atoms with E-state index in [2.05, 4.69) is 4.98 Å². The van der Waals surface area contributed by atoms with Crippen LogP contribution in [0.3, 0.4) is 0 Å². The highest BCUT2D eigenvalue weighted by atomic mass is 32.1. The van der Waals surface area contributed by atoms with Crippen LogP contribution < -0.4 is 0 Å². The van der Waals surface area contributed by atoms with Crippen molar-refractivity contribution in [3.05, 3.63) is 51.5 Å². The van der Waals surface area contributed by atoms with Gasteiger partial charge in [0, 0.05) is 22.3 Å². The van der Waals surface area contributed by atoms with Gasteiger partial charge in [0.2, 0.25) is 0 Å². The molecule has 0 saturated carbocycles. The van der Waals surface area contributed by atoms with Crippen LogP contribution in [0.5, 0.6) is 0 Å². The molecule has 3 heteroatoms. The Hall–Kier alpha value is -1.19. The number of hydrogen-bond acceptors (Lipinski definition) is 3. The van der Waals surface area contributed by atoms with Crippen molar-refractivity contribution in [1.82, 2.24) is 4.98 Å². The van der Waals surface area contributed by atoms with Gasteiger partial charge in [0.1, 0.15) is 6.10 Å². The molecule has 2 rings (SSSR count). The molecule has 0 aliphatic heterocycles. The van der Waals surface area contributed by atoms with Crippen LogP contribution in [0.1, 0.15) is 27.8 Å². The molecule has 2 aromatic rings. The van der Waals surface area contributed by atoms with Crippen molar-refractivity contribution < 1.29 is 5.11 Å². The summed E-state index contributed by atoms with van der Waals surface area (Å²) in [5.74, 6) is 0. The first-order valence-corrected chi connectivity index (χ1v) is 5.71. The minimum atomic E-state index is -0.543. The summed E-state index contributed by atoms with van der Waals surface area (Å²) >= 11 is 1.58. The lowest BCUT2D eigenvalue weighted by molar-refractivity contribution is 0.222. The smallest absolute Gasteiger partial charge is 0.115 e. The molecule has 0 saturated heterocycles. The number of aryl methyl sites for hydroxylation is 2. The highest BCUT2D eigenvalue weighted by Crippen LogP contribution is 2.29. The highest BCUT2D eigenvalue weighted by molar-refractivity contribution is 7.10. The van der Waals surface area contributed by atoms with Crippen LogP contribution in [-0.2, 0) is 0 Å². The first kappa shape index (κ1) is 10.3. The number of hydrogen-bond donors (Lipinski definition) is 1. The van der Waals surface area contributed by atoms with Crippen LogP contribution in [0.15, 0.2) is 29.8 Å². The van der Waals surface area contributed by atoms with Gasteiger partial charge in [-0.15, -0.1) is 11.3 Å². The summed E-state index contributed by atoms with van der Waals surface area (Å²) in [6, 6.07) is 5.80. The van der Waals surface area contributed by atoms with Crippen molar-refractivity contribution in [3.63, 3.8) is 0 Å². The summed E-state index contributed by atoms with van der Waals surface area (Å²) in [7, 11) is 0. The maximum Gasteiger partial charge on any atom is 0.115 e. The summed E-state index contributed by atoms with van der Waals surface area (Å²) in [6.07, 6.45) is 1.20. The van der Waals surface area contributed by atoms with Gasteiger partial charge in [-0.2, -0.15) is 0 Å². The number of aliphatic hydroxyl groups is 1. The van der Waals surface area contributed by atoms with Crippen molar-refractivity contribution in [2.24, 2.45) is 0 Å². The van der Waals surface area contributed by atoms with Crippen LogP contribution in [0.4, 0.5) is 0 Å². The number of thiophene rings is 1. The summed E-state index contributed by atoms with van der Waals surface area (Å²) in [4.78, 5) is 5.19. The van der Waals surface area contributed by atoms with Gasteiger partial charge in [-0.1, -0.05) is 6.07 Å². The van der Waals surface area contributed by atoms with Crippen molar-refractivity contribution >= 4 is 11.3 Å². The average Bonchev–Trinajstić information content (AvgIpc) is 2.64. The molecule has 15 heavy (non-hydrogen) atoms. The second kappa shape index (κ2) is 4.13. The Labute approximate surface area is 93.2 Å². The molecule has 0 bridgehead atoms. The number of aliphatic hydroxyl groups excluding tert-OH is 1. The lowest BCUT2D eigenvalue weighted by atomic mass is 10.1. The molecule has 1 unspecified atom stereocenters. The van der Waals surface area contributed by atoms with Crippen molar-refractivity contribution in [3.8, 4) is 0 Å². The predicted molar refractivity (Wildman–Crippen MR) is 62.1 cm³/mol. The summed E-state index contributed by atoms with van der Waals surface area (Å²) in [5, 5.41) is 12.2. The number of aromatic nitrogens is 1. The first-order valence-electron chi connectivity index (χ1n) is 4.83. The van der Waals surface area contributed by atoms with E-state index in [4.69, 9.17) is 0 Å². The third kappa shape index (κ3) is 1.94. The molecule has 0 aliphatic rings. The molecule has 0 spiro atoms. The number of nitrogens with zero attached hydrogens (tertiary/aromatic N) is 1. The minimum absolute atomic E-state index is 0.543. The molecule has 2 nitrogen and oxygen atoms in total. The molecule has 0 fully saturated rings. The van der Waals surface area contributed by atoms with Crippen LogP contribution in [-0.4, -0.2) is 10.1 Å². The molecule has 0 aromatic carbocycles. The number of rotatable bonds is 2. The van der Waals surface area contributed by atoms with Gasteiger partial charge >= 0.3 is 0 Å². The summed E-state index contributed by atoms with van der Waals surface area (Å²) in [5.41, 5.74) is 2.91. The van der Waals surface area contributed by atoms with Crippen molar-refractivity contribution in [2.75, 3.05) is 0 Å². The van der Waals surface area contributed by atoms with E-state index >= 15 is 0 Å².